The summed E-state index contributed by atoms with van der Waals surface area (Å²) >= 11 is 0. The third kappa shape index (κ3) is 3.26. The van der Waals surface area contributed by atoms with Crippen LogP contribution in [-0.2, 0) is 9.53 Å². The van der Waals surface area contributed by atoms with Gasteiger partial charge < -0.3 is 15.4 Å². The second-order valence-corrected chi connectivity index (χ2v) is 6.04. The fourth-order valence-corrected chi connectivity index (χ4v) is 3.18. The zero-order valence-corrected chi connectivity index (χ0v) is 14.0. The molecule has 1 amide bonds. The highest BCUT2D eigenvalue weighted by atomic mass is 19.1. The molecule has 2 N–H and O–H groups in total. The quantitative estimate of drug-likeness (QED) is 0.682. The monoisotopic (exact) mass is 345 g/mol. The van der Waals surface area contributed by atoms with Gasteiger partial charge in [-0.15, -0.1) is 0 Å². The highest BCUT2D eigenvalue weighted by Crippen LogP contribution is 2.28. The minimum atomic E-state index is -0.443. The number of carbonyl (C=O) groups is 2. The number of amides is 1. The lowest BCUT2D eigenvalue weighted by Crippen LogP contribution is -2.41. The standard InChI is InChI=1S/C18H20FN3O3/c1-2-25-18(24)11-6-9-22(10-7-11)17(23)16-15-12(5-8-21-16)13(19)3-4-14(15)20/h3-5,8,11H,2,6-7,9-10,20H2,1H3. The summed E-state index contributed by atoms with van der Waals surface area (Å²) in [5.41, 5.74) is 6.41. The number of carbonyl (C=O) groups excluding carboxylic acids is 2. The maximum absolute atomic E-state index is 14.0. The number of piperidine rings is 1. The first-order valence-corrected chi connectivity index (χ1v) is 8.31. The summed E-state index contributed by atoms with van der Waals surface area (Å²) in [6.45, 7) is 2.97. The van der Waals surface area contributed by atoms with E-state index in [0.717, 1.165) is 0 Å². The molecule has 0 radical (unpaired) electrons. The van der Waals surface area contributed by atoms with Gasteiger partial charge in [0, 0.05) is 35.7 Å². The topological polar surface area (TPSA) is 85.5 Å². The number of nitrogen functional groups attached to an aromatic ring is 1. The van der Waals surface area contributed by atoms with Gasteiger partial charge in [-0.25, -0.2) is 4.39 Å². The van der Waals surface area contributed by atoms with Crippen LogP contribution in [0.4, 0.5) is 10.1 Å². The number of esters is 1. The number of halogens is 1. The van der Waals surface area contributed by atoms with E-state index >= 15 is 0 Å². The Morgan fingerprint density at radius 2 is 2.04 bits per heavy atom. The summed E-state index contributed by atoms with van der Waals surface area (Å²) in [6, 6.07) is 4.21. The third-order valence-electron chi connectivity index (χ3n) is 4.51. The molecular weight excluding hydrogens is 325 g/mol. The van der Waals surface area contributed by atoms with E-state index < -0.39 is 5.82 Å². The summed E-state index contributed by atoms with van der Waals surface area (Å²) < 4.78 is 19.0. The van der Waals surface area contributed by atoms with Crippen molar-refractivity contribution >= 4 is 28.3 Å². The number of rotatable bonds is 3. The van der Waals surface area contributed by atoms with Gasteiger partial charge in [0.1, 0.15) is 11.5 Å². The Balaban J connectivity index is 1.82. The van der Waals surface area contributed by atoms with Crippen LogP contribution in [0.2, 0.25) is 0 Å². The number of nitrogens with two attached hydrogens (primary N) is 1. The summed E-state index contributed by atoms with van der Waals surface area (Å²) in [5, 5.41) is 0.611. The van der Waals surface area contributed by atoms with E-state index in [4.69, 9.17) is 10.5 Å². The van der Waals surface area contributed by atoms with E-state index in [1.54, 1.807) is 11.8 Å². The van der Waals surface area contributed by atoms with Crippen LogP contribution in [0.3, 0.4) is 0 Å². The molecule has 1 aromatic carbocycles. The number of pyridine rings is 1. The number of hydrogen-bond acceptors (Lipinski definition) is 5. The van der Waals surface area contributed by atoms with E-state index in [1.165, 1.54) is 24.4 Å². The second-order valence-electron chi connectivity index (χ2n) is 6.04. The third-order valence-corrected chi connectivity index (χ3v) is 4.51. The Hall–Kier alpha value is -2.70. The first kappa shape index (κ1) is 17.1. The normalized spacial score (nSPS) is 15.4. The maximum atomic E-state index is 14.0. The van der Waals surface area contributed by atoms with Crippen molar-refractivity contribution < 1.29 is 18.7 Å². The van der Waals surface area contributed by atoms with Crippen molar-refractivity contribution in [2.75, 3.05) is 25.4 Å². The number of likely N-dealkylation sites (tertiary alicyclic amines) is 1. The van der Waals surface area contributed by atoms with Crippen LogP contribution in [0.1, 0.15) is 30.3 Å². The van der Waals surface area contributed by atoms with Gasteiger partial charge in [-0.05, 0) is 38.0 Å². The first-order valence-electron chi connectivity index (χ1n) is 8.31. The molecule has 2 aromatic rings. The van der Waals surface area contributed by atoms with Gasteiger partial charge in [0.2, 0.25) is 0 Å². The van der Waals surface area contributed by atoms with Crippen LogP contribution in [0.25, 0.3) is 10.8 Å². The van der Waals surface area contributed by atoms with E-state index in [9.17, 15) is 14.0 Å². The van der Waals surface area contributed by atoms with Crippen LogP contribution in [0.15, 0.2) is 24.4 Å². The molecule has 2 heterocycles. The van der Waals surface area contributed by atoms with Crippen LogP contribution in [0, 0.1) is 11.7 Å². The van der Waals surface area contributed by atoms with Gasteiger partial charge in [-0.2, -0.15) is 0 Å². The summed E-state index contributed by atoms with van der Waals surface area (Å²) in [7, 11) is 0. The number of benzene rings is 1. The van der Waals surface area contributed by atoms with Gasteiger partial charge >= 0.3 is 5.97 Å². The first-order chi connectivity index (χ1) is 12.0. The molecule has 0 bridgehead atoms. The van der Waals surface area contributed by atoms with Crippen molar-refractivity contribution in [3.63, 3.8) is 0 Å². The minimum Gasteiger partial charge on any atom is -0.466 e. The molecule has 1 aliphatic rings. The minimum absolute atomic E-state index is 0.143. The number of anilines is 1. The zero-order chi connectivity index (χ0) is 18.0. The number of fused-ring (bicyclic) bond motifs is 1. The van der Waals surface area contributed by atoms with Crippen molar-refractivity contribution in [3.8, 4) is 0 Å². The lowest BCUT2D eigenvalue weighted by molar-refractivity contribution is -0.149. The van der Waals surface area contributed by atoms with Crippen molar-refractivity contribution in [1.82, 2.24) is 9.88 Å². The highest BCUT2D eigenvalue weighted by molar-refractivity contribution is 6.09. The molecule has 1 aromatic heterocycles. The fraction of sp³-hybridized carbons (Fsp3) is 0.389. The molecule has 0 aliphatic carbocycles. The predicted octanol–water partition coefficient (Wildman–Crippen LogP) is 2.37. The summed E-state index contributed by atoms with van der Waals surface area (Å²) in [4.78, 5) is 30.4. The second kappa shape index (κ2) is 7.04. The lowest BCUT2D eigenvalue weighted by Gasteiger charge is -2.31. The average molecular weight is 345 g/mol. The van der Waals surface area contributed by atoms with Crippen LogP contribution in [-0.4, -0.2) is 41.5 Å². The van der Waals surface area contributed by atoms with E-state index in [1.807, 2.05) is 0 Å². The molecule has 1 aliphatic heterocycles. The predicted molar refractivity (Wildman–Crippen MR) is 91.4 cm³/mol. The van der Waals surface area contributed by atoms with Crippen molar-refractivity contribution in [2.24, 2.45) is 5.92 Å². The molecule has 0 atom stereocenters. The zero-order valence-electron chi connectivity index (χ0n) is 14.0. The van der Waals surface area contributed by atoms with E-state index in [0.29, 0.717) is 43.6 Å². The van der Waals surface area contributed by atoms with Gasteiger partial charge in [0.05, 0.1) is 12.5 Å². The fourth-order valence-electron chi connectivity index (χ4n) is 3.18. The largest absolute Gasteiger partial charge is 0.466 e. The van der Waals surface area contributed by atoms with Crippen molar-refractivity contribution in [1.29, 1.82) is 0 Å². The smallest absolute Gasteiger partial charge is 0.309 e. The van der Waals surface area contributed by atoms with Crippen LogP contribution < -0.4 is 5.73 Å². The van der Waals surface area contributed by atoms with E-state index in [-0.39, 0.29) is 28.9 Å². The summed E-state index contributed by atoms with van der Waals surface area (Å²) in [5.74, 6) is -1.15. The molecule has 3 rings (SSSR count). The Kier molecular flexibility index (Phi) is 4.83. The van der Waals surface area contributed by atoms with Crippen molar-refractivity contribution in [3.05, 3.63) is 35.9 Å². The maximum Gasteiger partial charge on any atom is 0.309 e. The van der Waals surface area contributed by atoms with Crippen LogP contribution >= 0.6 is 0 Å². The molecule has 6 nitrogen and oxygen atoms in total. The molecule has 0 spiro atoms. The molecule has 1 saturated heterocycles. The molecule has 132 valence electrons. The Bertz CT molecular complexity index is 817. The Labute approximate surface area is 144 Å². The molecule has 0 saturated carbocycles. The average Bonchev–Trinajstić information content (AvgIpc) is 2.64. The Morgan fingerprint density at radius 1 is 1.32 bits per heavy atom. The van der Waals surface area contributed by atoms with Gasteiger partial charge in [0.25, 0.3) is 5.91 Å². The highest BCUT2D eigenvalue weighted by Gasteiger charge is 2.30. The molecule has 0 unspecified atom stereocenters. The SMILES string of the molecule is CCOC(=O)C1CCN(C(=O)c2nccc3c(F)ccc(N)c23)CC1. The Morgan fingerprint density at radius 3 is 2.72 bits per heavy atom. The number of nitrogens with zero attached hydrogens (tertiary/aromatic N) is 2. The van der Waals surface area contributed by atoms with Crippen LogP contribution in [0.5, 0.6) is 0 Å². The molecule has 25 heavy (non-hydrogen) atoms. The van der Waals surface area contributed by atoms with Gasteiger partial charge in [0.15, 0.2) is 0 Å². The summed E-state index contributed by atoms with van der Waals surface area (Å²) in [6.07, 6.45) is 2.49. The lowest BCUT2D eigenvalue weighted by atomic mass is 9.96. The number of hydrogen-bond donors (Lipinski definition) is 1. The van der Waals surface area contributed by atoms with E-state index in [2.05, 4.69) is 4.98 Å². The van der Waals surface area contributed by atoms with Gasteiger partial charge in [-0.3, -0.25) is 14.6 Å². The van der Waals surface area contributed by atoms with Crippen molar-refractivity contribution in [2.45, 2.75) is 19.8 Å². The van der Waals surface area contributed by atoms with Gasteiger partial charge in [-0.1, -0.05) is 0 Å². The number of aromatic nitrogens is 1. The molecule has 7 heteroatoms. The molecule has 1 fully saturated rings. The molecular formula is C18H20FN3O3. The number of ether oxygens (including phenoxy) is 1.